The Hall–Kier alpha value is -1.36. The van der Waals surface area contributed by atoms with E-state index < -0.39 is 11.5 Å². The number of carbonyl (C=O) groups is 2. The molecule has 0 aliphatic carbocycles. The van der Waals surface area contributed by atoms with Crippen molar-refractivity contribution in [3.05, 3.63) is 33.8 Å². The van der Waals surface area contributed by atoms with Gasteiger partial charge in [0.2, 0.25) is 0 Å². The van der Waals surface area contributed by atoms with Crippen molar-refractivity contribution in [2.75, 3.05) is 7.11 Å². The summed E-state index contributed by atoms with van der Waals surface area (Å²) >= 11 is 3.32. The highest BCUT2D eigenvalue weighted by Crippen LogP contribution is 2.17. The lowest BCUT2D eigenvalue weighted by Crippen LogP contribution is -2.50. The van der Waals surface area contributed by atoms with Crippen molar-refractivity contribution in [3.63, 3.8) is 0 Å². The molecule has 4 nitrogen and oxygen atoms in total. The molecule has 0 unspecified atom stereocenters. The van der Waals surface area contributed by atoms with Crippen LogP contribution in [0.3, 0.4) is 0 Å². The maximum absolute atomic E-state index is 12.1. The van der Waals surface area contributed by atoms with Crippen LogP contribution in [0.2, 0.25) is 0 Å². The lowest BCUT2D eigenvalue weighted by atomic mass is 10.0. The molecule has 0 spiro atoms. The Kier molecular flexibility index (Phi) is 4.51. The van der Waals surface area contributed by atoms with Crippen molar-refractivity contribution in [2.45, 2.75) is 26.3 Å². The number of rotatable bonds is 3. The van der Waals surface area contributed by atoms with Crippen LogP contribution in [0.5, 0.6) is 0 Å². The zero-order chi connectivity index (χ0) is 13.9. The van der Waals surface area contributed by atoms with E-state index in [1.165, 1.54) is 7.11 Å². The Morgan fingerprint density at radius 1 is 1.33 bits per heavy atom. The minimum absolute atomic E-state index is 0.302. The molecule has 0 bridgehead atoms. The summed E-state index contributed by atoms with van der Waals surface area (Å²) in [4.78, 5) is 23.6. The number of carbonyl (C=O) groups excluding carboxylic acids is 2. The molecule has 0 aliphatic rings. The molecule has 0 radical (unpaired) electrons. The van der Waals surface area contributed by atoms with Crippen LogP contribution in [0, 0.1) is 6.92 Å². The third kappa shape index (κ3) is 3.32. The molecule has 1 aromatic carbocycles. The van der Waals surface area contributed by atoms with E-state index in [1.807, 2.05) is 19.1 Å². The minimum Gasteiger partial charge on any atom is -0.467 e. The van der Waals surface area contributed by atoms with Crippen molar-refractivity contribution in [3.8, 4) is 0 Å². The second kappa shape index (κ2) is 5.52. The second-order valence-electron chi connectivity index (χ2n) is 4.53. The maximum Gasteiger partial charge on any atom is 0.330 e. The number of hydrogen-bond donors (Lipinski definition) is 1. The third-order valence-corrected chi connectivity index (χ3v) is 3.06. The normalized spacial score (nSPS) is 10.9. The average molecular weight is 314 g/mol. The van der Waals surface area contributed by atoms with Crippen LogP contribution in [-0.2, 0) is 9.53 Å². The molecule has 0 aromatic heterocycles. The number of esters is 1. The number of methoxy groups -OCH3 is 1. The number of benzene rings is 1. The summed E-state index contributed by atoms with van der Waals surface area (Å²) in [6, 6.07) is 5.42. The maximum atomic E-state index is 12.1. The molecule has 1 N–H and O–H groups in total. The zero-order valence-corrected chi connectivity index (χ0v) is 12.4. The van der Waals surface area contributed by atoms with Crippen LogP contribution in [0.4, 0.5) is 0 Å². The van der Waals surface area contributed by atoms with Gasteiger partial charge in [0.15, 0.2) is 0 Å². The van der Waals surface area contributed by atoms with Gasteiger partial charge in [-0.15, -0.1) is 0 Å². The summed E-state index contributed by atoms with van der Waals surface area (Å²) in [7, 11) is 1.29. The quantitative estimate of drug-likeness (QED) is 0.872. The van der Waals surface area contributed by atoms with Crippen molar-refractivity contribution in [2.24, 2.45) is 0 Å². The van der Waals surface area contributed by atoms with Gasteiger partial charge in [0.05, 0.1) is 7.11 Å². The number of aryl methyl sites for hydroxylation is 1. The molecule has 0 aliphatic heterocycles. The molecule has 0 fully saturated rings. The van der Waals surface area contributed by atoms with E-state index in [2.05, 4.69) is 26.0 Å². The molecule has 5 heteroatoms. The molecule has 0 atom stereocenters. The lowest BCUT2D eigenvalue weighted by molar-refractivity contribution is -0.146. The van der Waals surface area contributed by atoms with Gasteiger partial charge in [0.1, 0.15) is 5.54 Å². The van der Waals surface area contributed by atoms with E-state index in [9.17, 15) is 9.59 Å². The van der Waals surface area contributed by atoms with Gasteiger partial charge in [-0.3, -0.25) is 4.79 Å². The molecule has 0 saturated heterocycles. The molecule has 98 valence electrons. The molecule has 1 aromatic rings. The zero-order valence-electron chi connectivity index (χ0n) is 10.8. The summed E-state index contributed by atoms with van der Waals surface area (Å²) in [6.45, 7) is 5.04. The summed E-state index contributed by atoms with van der Waals surface area (Å²) in [5.41, 5.74) is 0.318. The van der Waals surface area contributed by atoms with Gasteiger partial charge >= 0.3 is 5.97 Å². The number of halogens is 1. The first kappa shape index (κ1) is 14.7. The topological polar surface area (TPSA) is 55.4 Å². The van der Waals surface area contributed by atoms with E-state index >= 15 is 0 Å². The van der Waals surface area contributed by atoms with E-state index in [0.29, 0.717) is 5.56 Å². The molecule has 18 heavy (non-hydrogen) atoms. The molecular formula is C13H16BrNO3. The smallest absolute Gasteiger partial charge is 0.330 e. The number of ether oxygens (including phenoxy) is 1. The number of amides is 1. The highest BCUT2D eigenvalue weighted by molar-refractivity contribution is 9.10. The lowest BCUT2D eigenvalue weighted by Gasteiger charge is -2.23. The monoisotopic (exact) mass is 313 g/mol. The standard InChI is InChI=1S/C13H16BrNO3/c1-8-5-6-9(14)7-10(8)11(16)15-13(2,3)12(17)18-4/h5-7H,1-4H3,(H,15,16). The van der Waals surface area contributed by atoms with Crippen molar-refractivity contribution in [1.29, 1.82) is 0 Å². The number of hydrogen-bond acceptors (Lipinski definition) is 3. The highest BCUT2D eigenvalue weighted by atomic mass is 79.9. The fourth-order valence-electron chi connectivity index (χ4n) is 1.50. The molecular weight excluding hydrogens is 298 g/mol. The van der Waals surface area contributed by atoms with Crippen molar-refractivity contribution >= 4 is 27.8 Å². The van der Waals surface area contributed by atoms with Crippen LogP contribution >= 0.6 is 15.9 Å². The SMILES string of the molecule is COC(=O)C(C)(C)NC(=O)c1cc(Br)ccc1C. The van der Waals surface area contributed by atoms with Gasteiger partial charge in [-0.05, 0) is 38.5 Å². The predicted molar refractivity (Wildman–Crippen MR) is 72.4 cm³/mol. The minimum atomic E-state index is -1.05. The van der Waals surface area contributed by atoms with Crippen LogP contribution in [0.1, 0.15) is 29.8 Å². The largest absolute Gasteiger partial charge is 0.467 e. The van der Waals surface area contributed by atoms with E-state index in [4.69, 9.17) is 0 Å². The van der Waals surface area contributed by atoms with Crippen LogP contribution in [0.25, 0.3) is 0 Å². The van der Waals surface area contributed by atoms with Gasteiger partial charge in [0.25, 0.3) is 5.91 Å². The first-order valence-electron chi connectivity index (χ1n) is 5.45. The fourth-order valence-corrected chi connectivity index (χ4v) is 1.86. The Bertz CT molecular complexity index is 483. The van der Waals surface area contributed by atoms with Crippen LogP contribution in [0.15, 0.2) is 22.7 Å². The molecule has 1 rings (SSSR count). The van der Waals surface area contributed by atoms with E-state index in [-0.39, 0.29) is 5.91 Å². The third-order valence-electron chi connectivity index (χ3n) is 2.57. The van der Waals surface area contributed by atoms with Gasteiger partial charge in [0, 0.05) is 10.0 Å². The Morgan fingerprint density at radius 2 is 1.94 bits per heavy atom. The Balaban J connectivity index is 2.95. The second-order valence-corrected chi connectivity index (χ2v) is 5.45. The van der Waals surface area contributed by atoms with E-state index in [1.54, 1.807) is 19.9 Å². The number of nitrogens with one attached hydrogen (secondary N) is 1. The van der Waals surface area contributed by atoms with Gasteiger partial charge in [-0.1, -0.05) is 22.0 Å². The van der Waals surface area contributed by atoms with E-state index in [0.717, 1.165) is 10.0 Å². The summed E-state index contributed by atoms with van der Waals surface area (Å²) < 4.78 is 5.46. The first-order valence-corrected chi connectivity index (χ1v) is 6.24. The summed E-state index contributed by atoms with van der Waals surface area (Å²) in [5.74, 6) is -0.785. The molecule has 1 amide bonds. The van der Waals surface area contributed by atoms with Crippen molar-refractivity contribution < 1.29 is 14.3 Å². The highest BCUT2D eigenvalue weighted by Gasteiger charge is 2.31. The average Bonchev–Trinajstić information content (AvgIpc) is 2.30. The van der Waals surface area contributed by atoms with Gasteiger partial charge in [-0.2, -0.15) is 0 Å². The first-order chi connectivity index (χ1) is 8.27. The molecule has 0 heterocycles. The summed E-state index contributed by atoms with van der Waals surface area (Å²) in [5, 5.41) is 2.66. The van der Waals surface area contributed by atoms with Gasteiger partial charge < -0.3 is 10.1 Å². The predicted octanol–water partition coefficient (Wildman–Crippen LogP) is 2.44. The van der Waals surface area contributed by atoms with Crippen LogP contribution in [-0.4, -0.2) is 24.5 Å². The summed E-state index contributed by atoms with van der Waals surface area (Å²) in [6.07, 6.45) is 0. The molecule has 0 saturated carbocycles. The van der Waals surface area contributed by atoms with Crippen molar-refractivity contribution in [1.82, 2.24) is 5.32 Å². The fraction of sp³-hybridized carbons (Fsp3) is 0.385. The van der Waals surface area contributed by atoms with Gasteiger partial charge in [-0.25, -0.2) is 4.79 Å². The Morgan fingerprint density at radius 3 is 2.50 bits per heavy atom. The Labute approximate surface area is 115 Å². The van der Waals surface area contributed by atoms with Crippen LogP contribution < -0.4 is 5.32 Å².